The SMILES string of the molecule is O=P(O)(O)NCCN1CCCC1. The van der Waals surface area contributed by atoms with E-state index in [2.05, 4.69) is 9.99 Å². The van der Waals surface area contributed by atoms with E-state index in [4.69, 9.17) is 9.79 Å². The Kier molecular flexibility index (Phi) is 3.68. The molecule has 0 aliphatic carbocycles. The molecule has 1 fully saturated rings. The molecule has 0 atom stereocenters. The van der Waals surface area contributed by atoms with Crippen molar-refractivity contribution in [1.82, 2.24) is 9.99 Å². The van der Waals surface area contributed by atoms with Gasteiger partial charge in [-0.3, -0.25) is 0 Å². The van der Waals surface area contributed by atoms with E-state index >= 15 is 0 Å². The van der Waals surface area contributed by atoms with Crippen LogP contribution in [0, 0.1) is 0 Å². The van der Waals surface area contributed by atoms with Crippen molar-refractivity contribution >= 4 is 7.75 Å². The van der Waals surface area contributed by atoms with E-state index < -0.39 is 7.75 Å². The minimum absolute atomic E-state index is 0.365. The second-order valence-electron chi connectivity index (χ2n) is 3.00. The fourth-order valence-corrected chi connectivity index (χ4v) is 1.75. The van der Waals surface area contributed by atoms with Gasteiger partial charge in [0.15, 0.2) is 0 Å². The van der Waals surface area contributed by atoms with Crippen molar-refractivity contribution in [1.29, 1.82) is 0 Å². The van der Waals surface area contributed by atoms with Gasteiger partial charge in [0.2, 0.25) is 0 Å². The molecular weight excluding hydrogens is 179 g/mol. The molecule has 5 nitrogen and oxygen atoms in total. The van der Waals surface area contributed by atoms with Gasteiger partial charge >= 0.3 is 7.75 Å². The van der Waals surface area contributed by atoms with Gasteiger partial charge in [0, 0.05) is 13.1 Å². The Balaban J connectivity index is 2.05. The first-order valence-electron chi connectivity index (χ1n) is 4.11. The van der Waals surface area contributed by atoms with E-state index in [0.717, 1.165) is 19.6 Å². The largest absolute Gasteiger partial charge is 0.400 e. The van der Waals surface area contributed by atoms with Crippen LogP contribution in [0.4, 0.5) is 0 Å². The van der Waals surface area contributed by atoms with Crippen molar-refractivity contribution in [3.8, 4) is 0 Å². The zero-order valence-corrected chi connectivity index (χ0v) is 7.83. The van der Waals surface area contributed by atoms with Gasteiger partial charge in [0.25, 0.3) is 0 Å². The third-order valence-corrected chi connectivity index (χ3v) is 2.58. The third-order valence-electron chi connectivity index (χ3n) is 1.94. The van der Waals surface area contributed by atoms with Gasteiger partial charge in [-0.25, -0.2) is 9.65 Å². The van der Waals surface area contributed by atoms with Crippen LogP contribution in [0.5, 0.6) is 0 Å². The summed E-state index contributed by atoms with van der Waals surface area (Å²) in [6, 6.07) is 0. The van der Waals surface area contributed by atoms with Crippen LogP contribution in [0.2, 0.25) is 0 Å². The molecule has 12 heavy (non-hydrogen) atoms. The van der Waals surface area contributed by atoms with Crippen LogP contribution in [-0.4, -0.2) is 40.9 Å². The molecule has 0 spiro atoms. The minimum Gasteiger partial charge on any atom is -0.313 e. The zero-order valence-electron chi connectivity index (χ0n) is 6.94. The first-order chi connectivity index (χ1) is 5.58. The predicted octanol–water partition coefficient (Wildman–Crippen LogP) is -0.236. The van der Waals surface area contributed by atoms with Gasteiger partial charge in [-0.1, -0.05) is 0 Å². The van der Waals surface area contributed by atoms with E-state index in [1.54, 1.807) is 0 Å². The lowest BCUT2D eigenvalue weighted by atomic mass is 10.4. The molecule has 3 N–H and O–H groups in total. The summed E-state index contributed by atoms with van der Waals surface area (Å²) in [4.78, 5) is 19.1. The standard InChI is InChI=1S/C6H15N2O3P/c9-12(10,11)7-3-6-8-4-1-2-5-8/h1-6H2,(H3,7,9,10,11). The Bertz CT molecular complexity index is 176. The quantitative estimate of drug-likeness (QED) is 0.539. The normalized spacial score (nSPS) is 20.2. The average molecular weight is 194 g/mol. The van der Waals surface area contributed by atoms with Crippen LogP contribution in [0.25, 0.3) is 0 Å². The van der Waals surface area contributed by atoms with Crippen molar-refractivity contribution < 1.29 is 14.4 Å². The highest BCUT2D eigenvalue weighted by Gasteiger charge is 2.14. The van der Waals surface area contributed by atoms with Crippen molar-refractivity contribution in [2.45, 2.75) is 12.8 Å². The van der Waals surface area contributed by atoms with Gasteiger partial charge in [-0.15, -0.1) is 0 Å². The fraction of sp³-hybridized carbons (Fsp3) is 1.00. The number of rotatable bonds is 4. The zero-order chi connectivity index (χ0) is 9.03. The second-order valence-corrected chi connectivity index (χ2v) is 4.41. The molecule has 72 valence electrons. The van der Waals surface area contributed by atoms with Crippen LogP contribution in [0.1, 0.15) is 12.8 Å². The lowest BCUT2D eigenvalue weighted by Crippen LogP contribution is -2.28. The summed E-state index contributed by atoms with van der Waals surface area (Å²) in [5.74, 6) is 0. The summed E-state index contributed by atoms with van der Waals surface area (Å²) in [6.07, 6.45) is 2.41. The highest BCUT2D eigenvalue weighted by molar-refractivity contribution is 7.49. The first-order valence-corrected chi connectivity index (χ1v) is 5.72. The maximum atomic E-state index is 10.4. The average Bonchev–Trinajstić information content (AvgIpc) is 2.36. The lowest BCUT2D eigenvalue weighted by molar-refractivity contribution is 0.324. The summed E-state index contributed by atoms with van der Waals surface area (Å²) >= 11 is 0. The third kappa shape index (κ3) is 4.18. The summed E-state index contributed by atoms with van der Waals surface area (Å²) in [5.41, 5.74) is 0. The molecular formula is C6H15N2O3P. The molecule has 1 saturated heterocycles. The highest BCUT2D eigenvalue weighted by atomic mass is 31.2. The smallest absolute Gasteiger partial charge is 0.313 e. The lowest BCUT2D eigenvalue weighted by Gasteiger charge is -2.14. The van der Waals surface area contributed by atoms with Crippen LogP contribution in [0.3, 0.4) is 0 Å². The van der Waals surface area contributed by atoms with E-state index in [1.165, 1.54) is 12.8 Å². The Morgan fingerprint density at radius 1 is 1.33 bits per heavy atom. The van der Waals surface area contributed by atoms with E-state index in [0.29, 0.717) is 6.54 Å². The summed E-state index contributed by atoms with van der Waals surface area (Å²) in [6.45, 7) is 3.21. The topological polar surface area (TPSA) is 72.8 Å². The Hall–Kier alpha value is 0.0700. The summed E-state index contributed by atoms with van der Waals surface area (Å²) < 4.78 is 10.4. The first kappa shape index (κ1) is 10.2. The number of likely N-dealkylation sites (tertiary alicyclic amines) is 1. The molecule has 0 aromatic rings. The Morgan fingerprint density at radius 2 is 1.92 bits per heavy atom. The molecule has 1 heterocycles. The molecule has 0 aromatic carbocycles. The van der Waals surface area contributed by atoms with Gasteiger partial charge in [0.1, 0.15) is 0 Å². The van der Waals surface area contributed by atoms with Crippen LogP contribution >= 0.6 is 7.75 Å². The Labute approximate surface area is 72.0 Å². The monoisotopic (exact) mass is 194 g/mol. The molecule has 1 aliphatic heterocycles. The number of hydrogen-bond donors (Lipinski definition) is 3. The molecule has 0 amide bonds. The van der Waals surface area contributed by atoms with Crippen LogP contribution in [-0.2, 0) is 4.57 Å². The highest BCUT2D eigenvalue weighted by Crippen LogP contribution is 2.27. The molecule has 0 aromatic heterocycles. The van der Waals surface area contributed by atoms with Crippen molar-refractivity contribution in [3.63, 3.8) is 0 Å². The molecule has 1 rings (SSSR count). The molecule has 0 unspecified atom stereocenters. The number of nitrogens with one attached hydrogen (secondary N) is 1. The van der Waals surface area contributed by atoms with Crippen molar-refractivity contribution in [2.75, 3.05) is 26.2 Å². The maximum absolute atomic E-state index is 10.4. The summed E-state index contributed by atoms with van der Waals surface area (Å²) in [7, 11) is -4.00. The van der Waals surface area contributed by atoms with E-state index in [1.807, 2.05) is 0 Å². The number of hydrogen-bond acceptors (Lipinski definition) is 2. The Morgan fingerprint density at radius 3 is 2.42 bits per heavy atom. The predicted molar refractivity (Wildman–Crippen MR) is 45.7 cm³/mol. The number of nitrogens with zero attached hydrogens (tertiary/aromatic N) is 1. The molecule has 0 radical (unpaired) electrons. The molecule has 6 heteroatoms. The van der Waals surface area contributed by atoms with Gasteiger partial charge in [0.05, 0.1) is 0 Å². The van der Waals surface area contributed by atoms with Crippen LogP contribution in [0.15, 0.2) is 0 Å². The van der Waals surface area contributed by atoms with Crippen molar-refractivity contribution in [2.24, 2.45) is 0 Å². The maximum Gasteiger partial charge on any atom is 0.400 e. The second kappa shape index (κ2) is 4.35. The van der Waals surface area contributed by atoms with Crippen molar-refractivity contribution in [3.05, 3.63) is 0 Å². The van der Waals surface area contributed by atoms with Gasteiger partial charge in [-0.2, -0.15) is 0 Å². The van der Waals surface area contributed by atoms with Gasteiger partial charge < -0.3 is 14.7 Å². The van der Waals surface area contributed by atoms with Gasteiger partial charge in [-0.05, 0) is 25.9 Å². The molecule has 1 aliphatic rings. The van der Waals surface area contributed by atoms with Crippen LogP contribution < -0.4 is 5.09 Å². The molecule has 0 saturated carbocycles. The van der Waals surface area contributed by atoms with E-state index in [-0.39, 0.29) is 0 Å². The molecule has 0 bridgehead atoms. The fourth-order valence-electron chi connectivity index (χ4n) is 1.36. The minimum atomic E-state index is -4.00. The summed E-state index contributed by atoms with van der Waals surface area (Å²) in [5, 5.41) is 2.17. The van der Waals surface area contributed by atoms with E-state index in [9.17, 15) is 4.57 Å².